The van der Waals surface area contributed by atoms with Gasteiger partial charge in [-0.05, 0) is 36.6 Å². The molecule has 0 aliphatic rings. The molecule has 6 heteroatoms. The molecular weight excluding hydrogens is 452 g/mol. The number of rotatable bonds is 13. The second-order valence-electron chi connectivity index (χ2n) is 8.80. The van der Waals surface area contributed by atoms with Crippen LogP contribution in [0.4, 0.5) is 0 Å². The Morgan fingerprint density at radius 2 is 1.61 bits per heavy atom. The molecule has 0 saturated carbocycles. The Bertz CT molecular complexity index is 1120. The third-order valence-corrected chi connectivity index (χ3v) is 5.96. The molecule has 0 aromatic heterocycles. The maximum Gasteiger partial charge on any atom is 0.261 e. The predicted molar refractivity (Wildman–Crippen MR) is 142 cm³/mol. The van der Waals surface area contributed by atoms with Crippen molar-refractivity contribution in [2.45, 2.75) is 45.7 Å². The predicted octanol–water partition coefficient (Wildman–Crippen LogP) is 4.94. The van der Waals surface area contributed by atoms with Gasteiger partial charge in [-0.3, -0.25) is 9.59 Å². The highest BCUT2D eigenvalue weighted by molar-refractivity contribution is 5.88. The second-order valence-corrected chi connectivity index (χ2v) is 8.80. The van der Waals surface area contributed by atoms with Crippen molar-refractivity contribution < 1.29 is 19.1 Å². The largest absolute Gasteiger partial charge is 0.493 e. The average molecular weight is 489 g/mol. The van der Waals surface area contributed by atoms with Crippen LogP contribution in [0.2, 0.25) is 0 Å². The smallest absolute Gasteiger partial charge is 0.261 e. The number of carbonyl (C=O) groups excluding carboxylic acids is 2. The molecule has 0 bridgehead atoms. The topological polar surface area (TPSA) is 67.9 Å². The normalized spacial score (nSPS) is 11.4. The van der Waals surface area contributed by atoms with Crippen LogP contribution in [0.3, 0.4) is 0 Å². The van der Waals surface area contributed by atoms with Crippen LogP contribution < -0.4 is 14.8 Å². The lowest BCUT2D eigenvalue weighted by Crippen LogP contribution is -2.51. The molecule has 1 atom stereocenters. The second kappa shape index (κ2) is 13.9. The Morgan fingerprint density at radius 3 is 2.31 bits per heavy atom. The van der Waals surface area contributed by atoms with Gasteiger partial charge in [-0.2, -0.15) is 0 Å². The molecule has 2 amide bonds. The van der Waals surface area contributed by atoms with Crippen LogP contribution >= 0.6 is 0 Å². The van der Waals surface area contributed by atoms with Gasteiger partial charge >= 0.3 is 0 Å². The summed E-state index contributed by atoms with van der Waals surface area (Å²) >= 11 is 0. The summed E-state index contributed by atoms with van der Waals surface area (Å²) in [7, 11) is 1.56. The van der Waals surface area contributed by atoms with E-state index in [0.29, 0.717) is 31.0 Å². The molecule has 3 aromatic carbocycles. The molecule has 3 rings (SSSR count). The van der Waals surface area contributed by atoms with Crippen molar-refractivity contribution in [1.29, 1.82) is 0 Å². The van der Waals surface area contributed by atoms with Crippen LogP contribution in [0.25, 0.3) is 0 Å². The fourth-order valence-corrected chi connectivity index (χ4v) is 4.03. The third-order valence-electron chi connectivity index (χ3n) is 5.96. The summed E-state index contributed by atoms with van der Waals surface area (Å²) in [6.45, 7) is 4.76. The molecule has 0 aliphatic carbocycles. The monoisotopic (exact) mass is 488 g/mol. The summed E-state index contributed by atoms with van der Waals surface area (Å²) in [6, 6.07) is 24.3. The molecule has 36 heavy (non-hydrogen) atoms. The van der Waals surface area contributed by atoms with E-state index >= 15 is 0 Å². The van der Waals surface area contributed by atoms with Crippen LogP contribution in [0.5, 0.6) is 11.5 Å². The van der Waals surface area contributed by atoms with E-state index in [1.54, 1.807) is 24.1 Å². The number of nitrogens with one attached hydrogen (secondary N) is 1. The Labute approximate surface area is 214 Å². The molecule has 6 nitrogen and oxygen atoms in total. The number of benzene rings is 3. The van der Waals surface area contributed by atoms with E-state index in [-0.39, 0.29) is 18.4 Å². The first-order valence-electron chi connectivity index (χ1n) is 12.4. The number of carbonyl (C=O) groups is 2. The van der Waals surface area contributed by atoms with Gasteiger partial charge in [-0.1, -0.05) is 85.6 Å². The van der Waals surface area contributed by atoms with Gasteiger partial charge in [-0.25, -0.2) is 0 Å². The number of unbranched alkanes of at least 4 members (excludes halogenated alkanes) is 1. The number of hydrogen-bond acceptors (Lipinski definition) is 4. The first-order valence-corrected chi connectivity index (χ1v) is 12.4. The van der Waals surface area contributed by atoms with Crippen LogP contribution in [-0.4, -0.2) is 43.0 Å². The Balaban J connectivity index is 1.90. The number of amides is 2. The third kappa shape index (κ3) is 7.87. The van der Waals surface area contributed by atoms with Gasteiger partial charge in [0.2, 0.25) is 5.91 Å². The van der Waals surface area contributed by atoms with Crippen LogP contribution in [0.1, 0.15) is 36.5 Å². The number of hydrogen-bond donors (Lipinski definition) is 1. The molecule has 190 valence electrons. The quantitative estimate of drug-likeness (QED) is 0.346. The average Bonchev–Trinajstić information content (AvgIpc) is 2.90. The molecule has 0 aliphatic heterocycles. The van der Waals surface area contributed by atoms with E-state index in [1.807, 2.05) is 73.7 Å². The highest BCUT2D eigenvalue weighted by Crippen LogP contribution is 2.26. The lowest BCUT2D eigenvalue weighted by molar-refractivity contribution is -0.142. The standard InChI is InChI=1S/C30H36N2O4/c1-4-5-18-31-30(34)26(20-24-13-7-6-8-14-24)32(21-25-15-11-12-23(2)19-25)29(33)22-36-28-17-10-9-16-27(28)35-3/h6-17,19,26H,4-5,18,20-22H2,1-3H3,(H,31,34)/t26-/m0/s1. The molecule has 0 unspecified atom stereocenters. The summed E-state index contributed by atoms with van der Waals surface area (Å²) in [6.07, 6.45) is 2.26. The Morgan fingerprint density at radius 1 is 0.917 bits per heavy atom. The summed E-state index contributed by atoms with van der Waals surface area (Å²) < 4.78 is 11.2. The molecular formula is C30H36N2O4. The molecule has 0 saturated heterocycles. The van der Waals surface area contributed by atoms with E-state index in [9.17, 15) is 9.59 Å². The number of para-hydroxylation sites is 2. The van der Waals surface area contributed by atoms with Crippen molar-refractivity contribution in [2.24, 2.45) is 0 Å². The van der Waals surface area contributed by atoms with Crippen molar-refractivity contribution in [3.05, 3.63) is 95.6 Å². The fourth-order valence-electron chi connectivity index (χ4n) is 4.03. The SMILES string of the molecule is CCCCNC(=O)[C@H](Cc1ccccc1)N(Cc1cccc(C)c1)C(=O)COc1ccccc1OC. The zero-order chi connectivity index (χ0) is 25.8. The minimum atomic E-state index is -0.682. The lowest BCUT2D eigenvalue weighted by atomic mass is 10.0. The first-order chi connectivity index (χ1) is 17.5. The Hall–Kier alpha value is -3.80. The van der Waals surface area contributed by atoms with Crippen molar-refractivity contribution in [1.82, 2.24) is 10.2 Å². The lowest BCUT2D eigenvalue weighted by Gasteiger charge is -2.31. The van der Waals surface area contributed by atoms with Gasteiger partial charge in [0.1, 0.15) is 6.04 Å². The number of methoxy groups -OCH3 is 1. The van der Waals surface area contributed by atoms with Crippen molar-refractivity contribution in [2.75, 3.05) is 20.3 Å². The van der Waals surface area contributed by atoms with Gasteiger partial charge in [0.15, 0.2) is 18.1 Å². The van der Waals surface area contributed by atoms with Gasteiger partial charge in [0.05, 0.1) is 7.11 Å². The first kappa shape index (κ1) is 26.8. The molecule has 3 aromatic rings. The summed E-state index contributed by atoms with van der Waals surface area (Å²) in [5, 5.41) is 3.03. The van der Waals surface area contributed by atoms with E-state index in [4.69, 9.17) is 9.47 Å². The van der Waals surface area contributed by atoms with Gasteiger partial charge in [-0.15, -0.1) is 0 Å². The van der Waals surface area contributed by atoms with Crippen molar-refractivity contribution in [3.8, 4) is 11.5 Å². The number of aryl methyl sites for hydroxylation is 1. The zero-order valence-corrected chi connectivity index (χ0v) is 21.4. The van der Waals surface area contributed by atoms with Crippen LogP contribution in [0, 0.1) is 6.92 Å². The minimum absolute atomic E-state index is 0.161. The summed E-state index contributed by atoms with van der Waals surface area (Å²) in [4.78, 5) is 28.7. The number of ether oxygens (including phenoxy) is 2. The van der Waals surface area contributed by atoms with Crippen LogP contribution in [-0.2, 0) is 22.6 Å². The van der Waals surface area contributed by atoms with E-state index < -0.39 is 6.04 Å². The molecule has 0 fully saturated rings. The number of nitrogens with zero attached hydrogens (tertiary/aromatic N) is 1. The molecule has 0 heterocycles. The molecule has 1 N–H and O–H groups in total. The van der Waals surface area contributed by atoms with Gasteiger partial charge in [0.25, 0.3) is 5.91 Å². The highest BCUT2D eigenvalue weighted by atomic mass is 16.5. The van der Waals surface area contributed by atoms with Gasteiger partial charge < -0.3 is 19.7 Å². The maximum atomic E-state index is 13.7. The molecule has 0 spiro atoms. The summed E-state index contributed by atoms with van der Waals surface area (Å²) in [5.74, 6) is 0.601. The minimum Gasteiger partial charge on any atom is -0.493 e. The van der Waals surface area contributed by atoms with Gasteiger partial charge in [0, 0.05) is 19.5 Å². The highest BCUT2D eigenvalue weighted by Gasteiger charge is 2.30. The maximum absolute atomic E-state index is 13.7. The summed E-state index contributed by atoms with van der Waals surface area (Å²) in [5.41, 5.74) is 3.04. The molecule has 0 radical (unpaired) electrons. The van der Waals surface area contributed by atoms with E-state index in [0.717, 1.165) is 29.5 Å². The van der Waals surface area contributed by atoms with Crippen molar-refractivity contribution >= 4 is 11.8 Å². The fraction of sp³-hybridized carbons (Fsp3) is 0.333. The van der Waals surface area contributed by atoms with Crippen molar-refractivity contribution in [3.63, 3.8) is 0 Å². The van der Waals surface area contributed by atoms with E-state index in [2.05, 4.69) is 12.2 Å². The zero-order valence-electron chi connectivity index (χ0n) is 21.4. The Kier molecular flexibility index (Phi) is 10.4. The van der Waals surface area contributed by atoms with E-state index in [1.165, 1.54) is 0 Å². The van der Waals surface area contributed by atoms with Crippen LogP contribution in [0.15, 0.2) is 78.9 Å².